The van der Waals surface area contributed by atoms with Gasteiger partial charge in [-0.15, -0.1) is 0 Å². The number of nitrogens with one attached hydrogen (secondary N) is 1. The average molecular weight is 329 g/mol. The molecule has 1 heterocycles. The first-order valence-corrected chi connectivity index (χ1v) is 7.76. The molecule has 1 N–H and O–H groups in total. The SMILES string of the molecule is CC(C)NCC1CCCN1Cc1cc(F)cc(Br)c1. The van der Waals surface area contributed by atoms with E-state index in [2.05, 4.69) is 40.0 Å². The van der Waals surface area contributed by atoms with Crippen molar-refractivity contribution < 1.29 is 4.39 Å². The van der Waals surface area contributed by atoms with Gasteiger partial charge >= 0.3 is 0 Å². The van der Waals surface area contributed by atoms with Crippen molar-refractivity contribution in [3.63, 3.8) is 0 Å². The van der Waals surface area contributed by atoms with Crippen LogP contribution >= 0.6 is 15.9 Å². The van der Waals surface area contributed by atoms with Crippen LogP contribution < -0.4 is 5.32 Å². The third-order valence-electron chi connectivity index (χ3n) is 3.57. The molecule has 1 aromatic rings. The van der Waals surface area contributed by atoms with Gasteiger partial charge in [0, 0.05) is 29.6 Å². The van der Waals surface area contributed by atoms with Gasteiger partial charge in [0.25, 0.3) is 0 Å². The average Bonchev–Trinajstić information content (AvgIpc) is 2.72. The summed E-state index contributed by atoms with van der Waals surface area (Å²) in [5.74, 6) is -0.166. The minimum Gasteiger partial charge on any atom is -0.313 e. The van der Waals surface area contributed by atoms with Crippen molar-refractivity contribution in [2.75, 3.05) is 13.1 Å². The van der Waals surface area contributed by atoms with E-state index in [4.69, 9.17) is 0 Å². The fourth-order valence-electron chi connectivity index (χ4n) is 2.64. The van der Waals surface area contributed by atoms with Crippen LogP contribution in [0.2, 0.25) is 0 Å². The van der Waals surface area contributed by atoms with E-state index in [0.29, 0.717) is 12.1 Å². The lowest BCUT2D eigenvalue weighted by molar-refractivity contribution is 0.235. The molecule has 0 aromatic heterocycles. The number of rotatable bonds is 5. The summed E-state index contributed by atoms with van der Waals surface area (Å²) in [6.45, 7) is 7.31. The molecule has 1 aliphatic heterocycles. The molecular formula is C15H22BrFN2. The molecule has 0 radical (unpaired) electrons. The van der Waals surface area contributed by atoms with Gasteiger partial charge in [-0.25, -0.2) is 4.39 Å². The third kappa shape index (κ3) is 4.55. The Kier molecular flexibility index (Phi) is 5.37. The van der Waals surface area contributed by atoms with Crippen LogP contribution in [0.3, 0.4) is 0 Å². The fraction of sp³-hybridized carbons (Fsp3) is 0.600. The highest BCUT2D eigenvalue weighted by atomic mass is 79.9. The third-order valence-corrected chi connectivity index (χ3v) is 4.03. The molecule has 2 rings (SSSR count). The predicted octanol–water partition coefficient (Wildman–Crippen LogP) is 3.55. The summed E-state index contributed by atoms with van der Waals surface area (Å²) in [5, 5.41) is 3.50. The minimum atomic E-state index is -0.166. The monoisotopic (exact) mass is 328 g/mol. The number of nitrogens with zero attached hydrogens (tertiary/aromatic N) is 1. The summed E-state index contributed by atoms with van der Waals surface area (Å²) in [7, 11) is 0. The molecule has 1 fully saturated rings. The number of likely N-dealkylation sites (tertiary alicyclic amines) is 1. The van der Waals surface area contributed by atoms with Crippen LogP contribution in [-0.4, -0.2) is 30.1 Å². The predicted molar refractivity (Wildman–Crippen MR) is 80.7 cm³/mol. The molecule has 1 aliphatic rings. The first-order valence-electron chi connectivity index (χ1n) is 6.97. The minimum absolute atomic E-state index is 0.166. The first-order chi connectivity index (χ1) is 9.04. The summed E-state index contributed by atoms with van der Waals surface area (Å²) in [5.41, 5.74) is 1.04. The Morgan fingerprint density at radius 1 is 1.42 bits per heavy atom. The standard InChI is InChI=1S/C15H22BrFN2/c1-11(2)18-9-15-4-3-5-19(15)10-12-6-13(16)8-14(17)7-12/h6-8,11,15,18H,3-5,9-10H2,1-2H3. The van der Waals surface area contributed by atoms with Crippen LogP contribution in [-0.2, 0) is 6.54 Å². The van der Waals surface area contributed by atoms with E-state index in [0.717, 1.165) is 29.7 Å². The van der Waals surface area contributed by atoms with Crippen LogP contribution in [0.4, 0.5) is 4.39 Å². The van der Waals surface area contributed by atoms with E-state index in [-0.39, 0.29) is 5.82 Å². The molecule has 1 saturated heterocycles. The van der Waals surface area contributed by atoms with Gasteiger partial charge < -0.3 is 5.32 Å². The summed E-state index contributed by atoms with van der Waals surface area (Å²) in [4.78, 5) is 2.45. The Bertz CT molecular complexity index is 402. The molecule has 1 atom stereocenters. The van der Waals surface area contributed by atoms with Crippen molar-refractivity contribution >= 4 is 15.9 Å². The van der Waals surface area contributed by atoms with Gasteiger partial charge in [0.05, 0.1) is 0 Å². The maximum absolute atomic E-state index is 13.4. The summed E-state index contributed by atoms with van der Waals surface area (Å²) >= 11 is 3.36. The molecule has 2 nitrogen and oxygen atoms in total. The van der Waals surface area contributed by atoms with Crippen LogP contribution in [0, 0.1) is 5.82 Å². The van der Waals surface area contributed by atoms with Gasteiger partial charge in [0.1, 0.15) is 5.82 Å². The molecular weight excluding hydrogens is 307 g/mol. The lowest BCUT2D eigenvalue weighted by atomic mass is 10.1. The Labute approximate surface area is 123 Å². The molecule has 0 spiro atoms. The second kappa shape index (κ2) is 6.82. The molecule has 1 unspecified atom stereocenters. The van der Waals surface area contributed by atoms with Crippen LogP contribution in [0.5, 0.6) is 0 Å². The zero-order valence-electron chi connectivity index (χ0n) is 11.6. The van der Waals surface area contributed by atoms with E-state index >= 15 is 0 Å². The first kappa shape index (κ1) is 14.9. The van der Waals surface area contributed by atoms with Crippen molar-refractivity contribution in [1.82, 2.24) is 10.2 Å². The summed E-state index contributed by atoms with van der Waals surface area (Å²) < 4.78 is 14.2. The van der Waals surface area contributed by atoms with Crippen molar-refractivity contribution in [1.29, 1.82) is 0 Å². The summed E-state index contributed by atoms with van der Waals surface area (Å²) in [6, 6.07) is 6.24. The quantitative estimate of drug-likeness (QED) is 0.889. The normalized spacial score (nSPS) is 20.4. The molecule has 4 heteroatoms. The van der Waals surface area contributed by atoms with E-state index < -0.39 is 0 Å². The molecule has 0 amide bonds. The smallest absolute Gasteiger partial charge is 0.124 e. The highest BCUT2D eigenvalue weighted by molar-refractivity contribution is 9.10. The Morgan fingerprint density at radius 2 is 2.21 bits per heavy atom. The van der Waals surface area contributed by atoms with Gasteiger partial charge in [0.15, 0.2) is 0 Å². The zero-order chi connectivity index (χ0) is 13.8. The Morgan fingerprint density at radius 3 is 2.89 bits per heavy atom. The number of benzene rings is 1. The molecule has 19 heavy (non-hydrogen) atoms. The molecule has 0 bridgehead atoms. The molecule has 0 saturated carbocycles. The van der Waals surface area contributed by atoms with Gasteiger partial charge in [-0.1, -0.05) is 29.8 Å². The number of hydrogen-bond donors (Lipinski definition) is 1. The van der Waals surface area contributed by atoms with E-state index in [9.17, 15) is 4.39 Å². The van der Waals surface area contributed by atoms with Crippen LogP contribution in [0.15, 0.2) is 22.7 Å². The number of halogens is 2. The van der Waals surface area contributed by atoms with Gasteiger partial charge in [-0.3, -0.25) is 4.90 Å². The lowest BCUT2D eigenvalue weighted by Crippen LogP contribution is -2.39. The number of hydrogen-bond acceptors (Lipinski definition) is 2. The van der Waals surface area contributed by atoms with Crippen molar-refractivity contribution in [2.45, 2.75) is 45.3 Å². The topological polar surface area (TPSA) is 15.3 Å². The molecule has 106 valence electrons. The van der Waals surface area contributed by atoms with Gasteiger partial charge in [-0.2, -0.15) is 0 Å². The van der Waals surface area contributed by atoms with Crippen LogP contribution in [0.25, 0.3) is 0 Å². The van der Waals surface area contributed by atoms with Crippen molar-refractivity contribution in [3.8, 4) is 0 Å². The molecule has 0 aliphatic carbocycles. The van der Waals surface area contributed by atoms with Crippen LogP contribution in [0.1, 0.15) is 32.3 Å². The Hall–Kier alpha value is -0.450. The maximum Gasteiger partial charge on any atom is 0.124 e. The molecule has 1 aromatic carbocycles. The van der Waals surface area contributed by atoms with Crippen molar-refractivity contribution in [2.24, 2.45) is 0 Å². The maximum atomic E-state index is 13.4. The highest BCUT2D eigenvalue weighted by Gasteiger charge is 2.24. The highest BCUT2D eigenvalue weighted by Crippen LogP contribution is 2.22. The second-order valence-corrected chi connectivity index (χ2v) is 6.52. The largest absolute Gasteiger partial charge is 0.313 e. The fourth-order valence-corrected chi connectivity index (χ4v) is 3.16. The van der Waals surface area contributed by atoms with E-state index in [1.165, 1.54) is 18.9 Å². The van der Waals surface area contributed by atoms with E-state index in [1.54, 1.807) is 6.07 Å². The van der Waals surface area contributed by atoms with Gasteiger partial charge in [-0.05, 0) is 43.1 Å². The van der Waals surface area contributed by atoms with Gasteiger partial charge in [0.2, 0.25) is 0 Å². The zero-order valence-corrected chi connectivity index (χ0v) is 13.2. The van der Waals surface area contributed by atoms with E-state index in [1.807, 2.05) is 6.07 Å². The summed E-state index contributed by atoms with van der Waals surface area (Å²) in [6.07, 6.45) is 2.47. The van der Waals surface area contributed by atoms with Crippen molar-refractivity contribution in [3.05, 3.63) is 34.1 Å². The lowest BCUT2D eigenvalue weighted by Gasteiger charge is -2.25. The second-order valence-electron chi connectivity index (χ2n) is 5.61. The Balaban J connectivity index is 1.96.